The molecule has 0 aliphatic heterocycles. The van der Waals surface area contributed by atoms with Crippen LogP contribution in [0.15, 0.2) is 26.7 Å². The third-order valence-corrected chi connectivity index (χ3v) is 5.33. The van der Waals surface area contributed by atoms with E-state index >= 15 is 0 Å². The number of primary amides is 1. The number of nitrogens with two attached hydrogens (primary N) is 1. The van der Waals surface area contributed by atoms with Gasteiger partial charge in [0.25, 0.3) is 5.91 Å². The van der Waals surface area contributed by atoms with Gasteiger partial charge in [-0.1, -0.05) is 0 Å². The molecule has 19 heavy (non-hydrogen) atoms. The number of hydrogen-bond donors (Lipinski definition) is 2. The maximum absolute atomic E-state index is 11.9. The van der Waals surface area contributed by atoms with Crippen molar-refractivity contribution >= 4 is 60.7 Å². The van der Waals surface area contributed by atoms with Crippen molar-refractivity contribution in [1.29, 1.82) is 0 Å². The fourth-order valence-corrected chi connectivity index (χ4v) is 3.26. The zero-order chi connectivity index (χ0) is 14.0. The van der Waals surface area contributed by atoms with Gasteiger partial charge in [-0.25, -0.2) is 0 Å². The van der Waals surface area contributed by atoms with E-state index in [-0.39, 0.29) is 12.5 Å². The highest BCUT2D eigenvalue weighted by molar-refractivity contribution is 9.13. The van der Waals surface area contributed by atoms with Crippen molar-refractivity contribution in [2.75, 3.05) is 5.32 Å². The number of carbonyl (C=O) groups excluding carboxylic acids is 2. The highest BCUT2D eigenvalue weighted by Gasteiger charge is 2.13. The Morgan fingerprint density at radius 3 is 2.79 bits per heavy atom. The Balaban J connectivity index is 2.06. The molecule has 100 valence electrons. The van der Waals surface area contributed by atoms with Crippen LogP contribution in [0.1, 0.15) is 9.67 Å². The summed E-state index contributed by atoms with van der Waals surface area (Å²) in [5.74, 6) is -0.734. The van der Waals surface area contributed by atoms with Crippen LogP contribution in [0, 0.1) is 0 Å². The molecule has 0 unspecified atom stereocenters. The summed E-state index contributed by atoms with van der Waals surface area (Å²) in [6.45, 7) is -0.0219. The minimum Gasteiger partial charge on any atom is -0.368 e. The van der Waals surface area contributed by atoms with Crippen molar-refractivity contribution < 1.29 is 9.59 Å². The number of nitrogens with one attached hydrogen (secondary N) is 1. The van der Waals surface area contributed by atoms with E-state index in [0.717, 1.165) is 8.26 Å². The summed E-state index contributed by atoms with van der Waals surface area (Å²) >= 11 is 7.96. The molecule has 0 spiro atoms. The smallest absolute Gasteiger partial charge is 0.265 e. The molecule has 9 heteroatoms. The van der Waals surface area contributed by atoms with E-state index < -0.39 is 5.91 Å². The number of anilines is 1. The summed E-state index contributed by atoms with van der Waals surface area (Å²) in [7, 11) is 0. The Hall–Kier alpha value is -1.19. The topological polar surface area (TPSA) is 90.0 Å². The minimum atomic E-state index is -0.493. The molecule has 2 amide bonds. The number of amides is 2. The van der Waals surface area contributed by atoms with Crippen LogP contribution >= 0.6 is 43.2 Å². The molecule has 0 aromatic carbocycles. The van der Waals surface area contributed by atoms with Crippen molar-refractivity contribution in [2.45, 2.75) is 6.54 Å². The molecule has 2 aromatic heterocycles. The number of carbonyl (C=O) groups is 2. The van der Waals surface area contributed by atoms with Crippen LogP contribution < -0.4 is 11.1 Å². The van der Waals surface area contributed by atoms with E-state index in [9.17, 15) is 9.59 Å². The Morgan fingerprint density at radius 2 is 2.21 bits per heavy atom. The van der Waals surface area contributed by atoms with E-state index in [0.29, 0.717) is 10.6 Å². The average molecular weight is 408 g/mol. The van der Waals surface area contributed by atoms with E-state index in [1.54, 1.807) is 12.3 Å². The summed E-state index contributed by atoms with van der Waals surface area (Å²) in [6.07, 6.45) is 3.00. The number of thiophene rings is 1. The second-order valence-electron chi connectivity index (χ2n) is 3.58. The molecule has 0 fully saturated rings. The van der Waals surface area contributed by atoms with Gasteiger partial charge in [0.15, 0.2) is 0 Å². The monoisotopic (exact) mass is 406 g/mol. The van der Waals surface area contributed by atoms with Crippen molar-refractivity contribution in [3.05, 3.63) is 31.6 Å². The number of nitrogens with zero attached hydrogens (tertiary/aromatic N) is 2. The van der Waals surface area contributed by atoms with Crippen molar-refractivity contribution in [2.24, 2.45) is 5.73 Å². The molecule has 0 radical (unpaired) electrons. The molecule has 6 nitrogen and oxygen atoms in total. The van der Waals surface area contributed by atoms with Crippen LogP contribution in [0.2, 0.25) is 0 Å². The first kappa shape index (κ1) is 14.2. The summed E-state index contributed by atoms with van der Waals surface area (Å²) < 4.78 is 3.03. The second-order valence-corrected chi connectivity index (χ2v) is 6.80. The number of rotatable bonds is 4. The normalized spacial score (nSPS) is 10.4. The molecular weight excluding hydrogens is 400 g/mol. The van der Waals surface area contributed by atoms with Gasteiger partial charge in [-0.3, -0.25) is 14.3 Å². The zero-order valence-corrected chi connectivity index (χ0v) is 13.4. The Labute approximate surface area is 129 Å². The van der Waals surface area contributed by atoms with Crippen LogP contribution in [0.5, 0.6) is 0 Å². The fourth-order valence-electron chi connectivity index (χ4n) is 1.33. The largest absolute Gasteiger partial charge is 0.368 e. The van der Waals surface area contributed by atoms with Gasteiger partial charge in [0.1, 0.15) is 6.54 Å². The van der Waals surface area contributed by atoms with Crippen molar-refractivity contribution in [1.82, 2.24) is 9.78 Å². The lowest BCUT2D eigenvalue weighted by Crippen LogP contribution is -2.18. The Kier molecular flexibility index (Phi) is 4.38. The van der Waals surface area contributed by atoms with Crippen LogP contribution in [-0.4, -0.2) is 21.6 Å². The number of aromatic nitrogens is 2. The third kappa shape index (κ3) is 3.64. The van der Waals surface area contributed by atoms with E-state index in [4.69, 9.17) is 5.73 Å². The highest BCUT2D eigenvalue weighted by atomic mass is 79.9. The maximum Gasteiger partial charge on any atom is 0.265 e. The molecule has 0 saturated heterocycles. The van der Waals surface area contributed by atoms with Gasteiger partial charge < -0.3 is 11.1 Å². The summed E-state index contributed by atoms with van der Waals surface area (Å²) in [6, 6.07) is 1.72. The standard InChI is InChI=1S/C10H8Br2N4O2S/c11-6-1-7(19-9(6)12)10(18)15-5-2-14-16(3-5)4-8(13)17/h1-3H,4H2,(H2,13,17)(H,15,18). The first-order valence-electron chi connectivity index (χ1n) is 5.02. The van der Waals surface area contributed by atoms with Crippen molar-refractivity contribution in [3.63, 3.8) is 0 Å². The molecule has 2 heterocycles. The molecule has 0 bridgehead atoms. The van der Waals surface area contributed by atoms with Gasteiger partial charge in [0, 0.05) is 10.7 Å². The quantitative estimate of drug-likeness (QED) is 0.813. The molecule has 0 aliphatic rings. The molecule has 3 N–H and O–H groups in total. The first-order chi connectivity index (χ1) is 8.95. The van der Waals surface area contributed by atoms with E-state index in [2.05, 4.69) is 42.3 Å². The van der Waals surface area contributed by atoms with Gasteiger partial charge >= 0.3 is 0 Å². The lowest BCUT2D eigenvalue weighted by Gasteiger charge is -1.98. The summed E-state index contributed by atoms with van der Waals surface area (Å²) in [5.41, 5.74) is 5.56. The molecule has 0 saturated carbocycles. The van der Waals surface area contributed by atoms with Gasteiger partial charge in [0.2, 0.25) is 5.91 Å². The highest BCUT2D eigenvalue weighted by Crippen LogP contribution is 2.32. The SMILES string of the molecule is NC(=O)Cn1cc(NC(=O)c2cc(Br)c(Br)s2)cn1. The van der Waals surface area contributed by atoms with E-state index in [1.807, 2.05) is 0 Å². The molecule has 2 rings (SSSR count). The number of hydrogen-bond acceptors (Lipinski definition) is 4. The molecule has 0 atom stereocenters. The van der Waals surface area contributed by atoms with Gasteiger partial charge in [-0.2, -0.15) is 5.10 Å². The molecule has 2 aromatic rings. The first-order valence-corrected chi connectivity index (χ1v) is 7.43. The maximum atomic E-state index is 11.9. The Bertz CT molecular complexity index is 618. The molecular formula is C10H8Br2N4O2S. The van der Waals surface area contributed by atoms with Crippen LogP contribution in [0.4, 0.5) is 5.69 Å². The summed E-state index contributed by atoms with van der Waals surface area (Å²) in [5, 5.41) is 6.60. The lowest BCUT2D eigenvalue weighted by molar-refractivity contribution is -0.118. The zero-order valence-electron chi connectivity index (χ0n) is 9.39. The Morgan fingerprint density at radius 1 is 1.47 bits per heavy atom. The van der Waals surface area contributed by atoms with Crippen LogP contribution in [0.3, 0.4) is 0 Å². The third-order valence-electron chi connectivity index (χ3n) is 2.08. The summed E-state index contributed by atoms with van der Waals surface area (Å²) in [4.78, 5) is 23.2. The van der Waals surface area contributed by atoms with Gasteiger partial charge in [-0.15, -0.1) is 11.3 Å². The second kappa shape index (κ2) is 5.85. The van der Waals surface area contributed by atoms with E-state index in [1.165, 1.54) is 22.2 Å². The van der Waals surface area contributed by atoms with Gasteiger partial charge in [-0.05, 0) is 37.9 Å². The number of halogens is 2. The van der Waals surface area contributed by atoms with Gasteiger partial charge in [0.05, 0.1) is 20.5 Å². The van der Waals surface area contributed by atoms with Crippen LogP contribution in [0.25, 0.3) is 0 Å². The van der Waals surface area contributed by atoms with Crippen LogP contribution in [-0.2, 0) is 11.3 Å². The lowest BCUT2D eigenvalue weighted by atomic mass is 10.4. The predicted molar refractivity (Wildman–Crippen MR) is 79.1 cm³/mol. The fraction of sp³-hybridized carbons (Fsp3) is 0.100. The van der Waals surface area contributed by atoms with Crippen molar-refractivity contribution in [3.8, 4) is 0 Å². The minimum absolute atomic E-state index is 0.0219. The molecule has 0 aliphatic carbocycles. The average Bonchev–Trinajstić information content (AvgIpc) is 2.86. The predicted octanol–water partition coefficient (Wildman–Crippen LogP) is 2.21.